The van der Waals surface area contributed by atoms with Gasteiger partial charge in [-0.1, -0.05) is 30.4 Å². The number of aryl methyl sites for hydroxylation is 2. The minimum atomic E-state index is -2.60. The lowest BCUT2D eigenvalue weighted by molar-refractivity contribution is -0.0493. The molecule has 4 aromatic rings. The Kier molecular flexibility index (Phi) is 7.59. The topological polar surface area (TPSA) is 76.7 Å². The number of rotatable bonds is 8. The van der Waals surface area contributed by atoms with Gasteiger partial charge in [0.25, 0.3) is 0 Å². The van der Waals surface area contributed by atoms with Gasteiger partial charge in [-0.2, -0.15) is 0 Å². The molecule has 0 radical (unpaired) electrons. The number of anilines is 1. The van der Waals surface area contributed by atoms with E-state index in [1.165, 1.54) is 5.57 Å². The second kappa shape index (κ2) is 11.2. The molecule has 2 aliphatic rings. The molecule has 222 valence electrons. The van der Waals surface area contributed by atoms with Gasteiger partial charge < -0.3 is 14.8 Å². The molecule has 6 rings (SSSR count). The van der Waals surface area contributed by atoms with E-state index < -0.39 is 5.92 Å². The van der Waals surface area contributed by atoms with Gasteiger partial charge in [-0.25, -0.2) is 18.4 Å². The number of aromatic nitrogens is 6. The molecule has 42 heavy (non-hydrogen) atoms. The molecule has 8 nitrogen and oxygen atoms in total. The van der Waals surface area contributed by atoms with Gasteiger partial charge in [0, 0.05) is 57.2 Å². The van der Waals surface area contributed by atoms with Gasteiger partial charge in [0.05, 0.1) is 28.5 Å². The lowest BCUT2D eigenvalue weighted by Crippen LogP contribution is -2.31. The van der Waals surface area contributed by atoms with Gasteiger partial charge in [-0.05, 0) is 68.8 Å². The molecule has 1 N–H and O–H groups in total. The Morgan fingerprint density at radius 2 is 2.00 bits per heavy atom. The SMILES string of the molecule is CNCCN(C)c1ccc2c3ncc(-c4c(C)nnn4C)cc3n(C(C3=CCC(C)C=C3)C3CCC(F)(F)CC3)c2n1. The molecule has 0 aliphatic heterocycles. The Morgan fingerprint density at radius 1 is 1.21 bits per heavy atom. The number of hydrogen-bond acceptors (Lipinski definition) is 6. The van der Waals surface area contributed by atoms with Crippen molar-refractivity contribution < 1.29 is 8.78 Å². The molecule has 0 spiro atoms. The van der Waals surface area contributed by atoms with Crippen LogP contribution in [0.1, 0.15) is 50.8 Å². The zero-order chi connectivity index (χ0) is 29.6. The van der Waals surface area contributed by atoms with E-state index in [-0.39, 0.29) is 24.8 Å². The van der Waals surface area contributed by atoms with Crippen LogP contribution in [-0.4, -0.2) is 62.6 Å². The van der Waals surface area contributed by atoms with Crippen LogP contribution >= 0.6 is 0 Å². The molecule has 1 saturated carbocycles. The van der Waals surface area contributed by atoms with Crippen molar-refractivity contribution in [1.29, 1.82) is 0 Å². The first kappa shape index (κ1) is 28.5. The fourth-order valence-electron chi connectivity index (χ4n) is 6.61. The third kappa shape index (κ3) is 5.21. The Balaban J connectivity index is 1.60. The van der Waals surface area contributed by atoms with Crippen molar-refractivity contribution in [3.05, 3.63) is 53.9 Å². The molecule has 2 aliphatic carbocycles. The zero-order valence-electron chi connectivity index (χ0n) is 25.1. The van der Waals surface area contributed by atoms with Crippen LogP contribution in [0.3, 0.4) is 0 Å². The number of pyridine rings is 2. The van der Waals surface area contributed by atoms with Crippen LogP contribution in [-0.2, 0) is 7.05 Å². The third-order valence-electron chi connectivity index (χ3n) is 9.00. The minimum Gasteiger partial charge on any atom is -0.358 e. The number of alkyl halides is 2. The molecule has 4 aromatic heterocycles. The number of hydrogen-bond donors (Lipinski definition) is 1. The molecule has 4 heterocycles. The highest BCUT2D eigenvalue weighted by Crippen LogP contribution is 2.47. The quantitative estimate of drug-likeness (QED) is 0.269. The van der Waals surface area contributed by atoms with E-state index in [4.69, 9.17) is 9.97 Å². The van der Waals surface area contributed by atoms with Crippen LogP contribution in [0, 0.1) is 18.8 Å². The maximum absolute atomic E-state index is 14.4. The summed E-state index contributed by atoms with van der Waals surface area (Å²) in [4.78, 5) is 12.4. The van der Waals surface area contributed by atoms with Gasteiger partial charge in [-0.3, -0.25) is 4.98 Å². The van der Waals surface area contributed by atoms with Gasteiger partial charge in [0.2, 0.25) is 5.92 Å². The molecular formula is C32H40F2N8. The Labute approximate surface area is 245 Å². The zero-order valence-corrected chi connectivity index (χ0v) is 25.1. The van der Waals surface area contributed by atoms with Crippen LogP contribution in [0.4, 0.5) is 14.6 Å². The summed E-state index contributed by atoms with van der Waals surface area (Å²) < 4.78 is 32.9. The first-order valence-corrected chi connectivity index (χ1v) is 15.0. The highest BCUT2D eigenvalue weighted by molar-refractivity contribution is 6.05. The first-order chi connectivity index (χ1) is 20.2. The number of likely N-dealkylation sites (N-methyl/N-ethyl adjacent to an activating group) is 2. The van der Waals surface area contributed by atoms with Crippen molar-refractivity contribution in [2.24, 2.45) is 18.9 Å². The fraction of sp³-hybridized carbons (Fsp3) is 0.500. The molecule has 0 saturated heterocycles. The molecule has 0 amide bonds. The second-order valence-corrected chi connectivity index (χ2v) is 12.1. The summed E-state index contributed by atoms with van der Waals surface area (Å²) in [6.45, 7) is 5.78. The Morgan fingerprint density at radius 3 is 2.67 bits per heavy atom. The molecule has 1 fully saturated rings. The fourth-order valence-corrected chi connectivity index (χ4v) is 6.61. The van der Waals surface area contributed by atoms with Crippen molar-refractivity contribution in [1.82, 2.24) is 34.8 Å². The van der Waals surface area contributed by atoms with Crippen molar-refractivity contribution >= 4 is 27.9 Å². The second-order valence-electron chi connectivity index (χ2n) is 12.1. The van der Waals surface area contributed by atoms with Gasteiger partial charge >= 0.3 is 0 Å². The summed E-state index contributed by atoms with van der Waals surface area (Å²) in [5.41, 5.74) is 6.45. The predicted molar refractivity (Wildman–Crippen MR) is 164 cm³/mol. The molecule has 2 unspecified atom stereocenters. The summed E-state index contributed by atoms with van der Waals surface area (Å²) in [5.74, 6) is -1.25. The number of allylic oxidation sites excluding steroid dienone is 4. The molecular weight excluding hydrogens is 534 g/mol. The van der Waals surface area contributed by atoms with Crippen molar-refractivity contribution in [3.8, 4) is 11.3 Å². The van der Waals surface area contributed by atoms with Crippen molar-refractivity contribution in [2.45, 2.75) is 57.9 Å². The lowest BCUT2D eigenvalue weighted by Gasteiger charge is -2.36. The highest BCUT2D eigenvalue weighted by Gasteiger charge is 2.40. The first-order valence-electron chi connectivity index (χ1n) is 15.0. The Hall–Kier alpha value is -3.66. The average molecular weight is 575 g/mol. The average Bonchev–Trinajstić information content (AvgIpc) is 3.48. The van der Waals surface area contributed by atoms with Crippen LogP contribution in [0.2, 0.25) is 0 Å². The van der Waals surface area contributed by atoms with Gasteiger partial charge in [-0.15, -0.1) is 5.10 Å². The normalized spacial score (nSPS) is 19.9. The summed E-state index contributed by atoms with van der Waals surface area (Å²) in [6, 6.07) is 6.16. The minimum absolute atomic E-state index is 0.0453. The molecule has 0 bridgehead atoms. The number of halogens is 2. The Bertz CT molecular complexity index is 1640. The maximum atomic E-state index is 14.4. The standard InChI is InChI=1S/C32H40F2N8/c1-20-6-8-22(9-7-20)30(23-12-14-32(33,34)15-13-23)42-26-18-24(29-21(2)38-39-41(29)5)19-36-28(26)25-10-11-27(37-31(25)42)40(4)17-16-35-3/h6,8-11,18-20,23,30,35H,7,12-17H2,1-5H3. The van der Waals surface area contributed by atoms with E-state index in [2.05, 4.69) is 62.4 Å². The maximum Gasteiger partial charge on any atom is 0.248 e. The summed E-state index contributed by atoms with van der Waals surface area (Å²) >= 11 is 0. The van der Waals surface area contributed by atoms with Crippen LogP contribution < -0.4 is 10.2 Å². The van der Waals surface area contributed by atoms with E-state index >= 15 is 0 Å². The van der Waals surface area contributed by atoms with E-state index in [1.54, 1.807) is 4.68 Å². The summed E-state index contributed by atoms with van der Waals surface area (Å²) in [6.07, 6.45) is 10.3. The van der Waals surface area contributed by atoms with Crippen LogP contribution in [0.25, 0.3) is 33.3 Å². The van der Waals surface area contributed by atoms with Gasteiger partial charge in [0.15, 0.2) is 0 Å². The number of nitrogens with zero attached hydrogens (tertiary/aromatic N) is 7. The summed E-state index contributed by atoms with van der Waals surface area (Å²) in [7, 11) is 5.87. The summed E-state index contributed by atoms with van der Waals surface area (Å²) in [5, 5.41) is 12.6. The monoisotopic (exact) mass is 574 g/mol. The van der Waals surface area contributed by atoms with Crippen molar-refractivity contribution in [3.63, 3.8) is 0 Å². The number of fused-ring (bicyclic) bond motifs is 3. The lowest BCUT2D eigenvalue weighted by atomic mass is 9.77. The molecule has 2 atom stereocenters. The predicted octanol–water partition coefficient (Wildman–Crippen LogP) is 6.23. The van der Waals surface area contributed by atoms with E-state index in [9.17, 15) is 8.78 Å². The largest absolute Gasteiger partial charge is 0.358 e. The van der Waals surface area contributed by atoms with Crippen LogP contribution in [0.15, 0.2) is 48.2 Å². The highest BCUT2D eigenvalue weighted by atomic mass is 19.3. The van der Waals surface area contributed by atoms with Gasteiger partial charge in [0.1, 0.15) is 11.5 Å². The third-order valence-corrected chi connectivity index (χ3v) is 9.00. The van der Waals surface area contributed by atoms with Crippen LogP contribution in [0.5, 0.6) is 0 Å². The van der Waals surface area contributed by atoms with E-state index in [0.29, 0.717) is 18.8 Å². The van der Waals surface area contributed by atoms with E-state index in [1.807, 2.05) is 40.3 Å². The molecule has 10 heteroatoms. The molecule has 0 aromatic carbocycles. The van der Waals surface area contributed by atoms with E-state index in [0.717, 1.165) is 64.3 Å². The van der Waals surface area contributed by atoms with Crippen molar-refractivity contribution in [2.75, 3.05) is 32.1 Å². The smallest absolute Gasteiger partial charge is 0.248 e. The number of nitrogens with one attached hydrogen (secondary N) is 1.